The number of benzene rings is 5. The Kier molecular flexibility index (Phi) is 6.89. The van der Waals surface area contributed by atoms with E-state index in [4.69, 9.17) is 19.5 Å². The molecule has 0 amide bonds. The molecule has 0 N–H and O–H groups in total. The van der Waals surface area contributed by atoms with Gasteiger partial charge in [0.05, 0.1) is 11.2 Å². The predicted molar refractivity (Wildman–Crippen MR) is 225 cm³/mol. The molecule has 0 saturated heterocycles. The number of nitrogens with zero attached hydrogens (tertiary/aromatic N) is 3. The van der Waals surface area contributed by atoms with Crippen molar-refractivity contribution in [3.8, 4) is 28.3 Å². The van der Waals surface area contributed by atoms with Crippen LogP contribution in [0.4, 0.5) is 0 Å². The summed E-state index contributed by atoms with van der Waals surface area (Å²) in [6.07, 6.45) is 1.68. The van der Waals surface area contributed by atoms with Crippen LogP contribution < -0.4 is 4.74 Å². The average molecular weight is 722 g/mol. The first-order valence-electron chi connectivity index (χ1n) is 19.5. The molecule has 2 aliphatic heterocycles. The number of ether oxygens (including phenoxy) is 2. The third kappa shape index (κ3) is 4.53. The molecule has 0 saturated carbocycles. The van der Waals surface area contributed by atoms with Crippen molar-refractivity contribution >= 4 is 27.8 Å². The highest BCUT2D eigenvalue weighted by Gasteiger charge is 2.51. The van der Waals surface area contributed by atoms with Gasteiger partial charge in [-0.05, 0) is 142 Å². The Morgan fingerprint density at radius 3 is 2.15 bits per heavy atom. The number of para-hydroxylation sites is 1. The van der Waals surface area contributed by atoms with E-state index in [1.807, 2.05) is 6.20 Å². The Morgan fingerprint density at radius 1 is 0.655 bits per heavy atom. The molecule has 3 aliphatic rings. The van der Waals surface area contributed by atoms with Crippen molar-refractivity contribution in [2.45, 2.75) is 93.2 Å². The van der Waals surface area contributed by atoms with Crippen molar-refractivity contribution in [2.75, 3.05) is 0 Å². The van der Waals surface area contributed by atoms with Crippen LogP contribution in [-0.4, -0.2) is 15.4 Å². The third-order valence-corrected chi connectivity index (χ3v) is 12.9. The van der Waals surface area contributed by atoms with Crippen molar-refractivity contribution in [1.29, 1.82) is 0 Å². The van der Waals surface area contributed by atoms with Crippen LogP contribution in [0, 0.1) is 55.4 Å². The van der Waals surface area contributed by atoms with Crippen molar-refractivity contribution in [3.05, 3.63) is 151 Å². The summed E-state index contributed by atoms with van der Waals surface area (Å²) < 4.78 is 16.4. The summed E-state index contributed by atoms with van der Waals surface area (Å²) in [5.74, 6) is 2.28. The van der Waals surface area contributed by atoms with E-state index in [0.29, 0.717) is 5.90 Å². The summed E-state index contributed by atoms with van der Waals surface area (Å²) in [5.41, 5.74) is 20.6. The standard InChI is InChI=1S/C50H47N3O2/c1-25-17-31(7)42-35(19-25)46-50(11,38-20-26(2)18-32(8)44(38)42)52-48(55-46)34-23-40(29(5)21-28(34)4)54-41-24-39-37(22-30(41)6)49(9,10)36-14-12-13-33-43-27(3)15-16-51-47(43)53(39)45(33)36/h12-24,46H,1-11H3/t46-,50+/m0/s1. The zero-order valence-electron chi connectivity index (χ0n) is 33.7. The molecular weight excluding hydrogens is 675 g/mol. The van der Waals surface area contributed by atoms with Gasteiger partial charge in [0.2, 0.25) is 5.90 Å². The number of hydrogen-bond donors (Lipinski definition) is 0. The molecule has 0 unspecified atom stereocenters. The second-order valence-corrected chi connectivity index (χ2v) is 17.3. The fourth-order valence-corrected chi connectivity index (χ4v) is 10.2. The Hall–Kier alpha value is -5.68. The van der Waals surface area contributed by atoms with Crippen LogP contribution in [0.3, 0.4) is 0 Å². The van der Waals surface area contributed by atoms with Crippen LogP contribution in [0.1, 0.15) is 99.2 Å². The zero-order chi connectivity index (χ0) is 38.5. The molecule has 5 nitrogen and oxygen atoms in total. The Labute approximate surface area is 323 Å². The number of fused-ring (bicyclic) bond motifs is 11. The van der Waals surface area contributed by atoms with Crippen LogP contribution in [-0.2, 0) is 15.7 Å². The number of aromatic nitrogens is 2. The number of aryl methyl sites for hydroxylation is 8. The van der Waals surface area contributed by atoms with Crippen LogP contribution in [0.25, 0.3) is 38.8 Å². The van der Waals surface area contributed by atoms with Crippen LogP contribution in [0.15, 0.2) is 84.0 Å². The van der Waals surface area contributed by atoms with Gasteiger partial charge in [-0.15, -0.1) is 0 Å². The molecule has 2 aromatic heterocycles. The summed E-state index contributed by atoms with van der Waals surface area (Å²) in [6, 6.07) is 26.9. The van der Waals surface area contributed by atoms with Crippen molar-refractivity contribution in [1.82, 2.24) is 9.55 Å². The maximum atomic E-state index is 7.07. The molecule has 5 heteroatoms. The molecule has 0 spiro atoms. The Balaban J connectivity index is 1.11. The van der Waals surface area contributed by atoms with Crippen LogP contribution in [0.5, 0.6) is 11.5 Å². The Morgan fingerprint density at radius 2 is 1.36 bits per heavy atom. The fourth-order valence-electron chi connectivity index (χ4n) is 10.2. The van der Waals surface area contributed by atoms with Gasteiger partial charge in [0.25, 0.3) is 0 Å². The van der Waals surface area contributed by atoms with E-state index in [2.05, 4.69) is 154 Å². The molecule has 274 valence electrons. The highest BCUT2D eigenvalue weighted by molar-refractivity contribution is 6.11. The number of rotatable bonds is 3. The van der Waals surface area contributed by atoms with E-state index in [0.717, 1.165) is 45.1 Å². The monoisotopic (exact) mass is 721 g/mol. The minimum absolute atomic E-state index is 0.209. The molecule has 0 bridgehead atoms. The lowest BCUT2D eigenvalue weighted by molar-refractivity contribution is 0.145. The van der Waals surface area contributed by atoms with Gasteiger partial charge in [0.1, 0.15) is 22.7 Å². The normalized spacial score (nSPS) is 18.7. The maximum Gasteiger partial charge on any atom is 0.218 e. The van der Waals surface area contributed by atoms with Crippen LogP contribution in [0.2, 0.25) is 0 Å². The second kappa shape index (κ2) is 11.2. The van der Waals surface area contributed by atoms with Crippen molar-refractivity contribution < 1.29 is 9.47 Å². The second-order valence-electron chi connectivity index (χ2n) is 17.3. The van der Waals surface area contributed by atoms with Crippen LogP contribution >= 0.6 is 0 Å². The molecule has 1 aliphatic carbocycles. The molecule has 0 fully saturated rings. The summed E-state index contributed by atoms with van der Waals surface area (Å²) in [6.45, 7) is 24.3. The van der Waals surface area contributed by atoms with Crippen molar-refractivity contribution in [2.24, 2.45) is 4.99 Å². The van der Waals surface area contributed by atoms with E-state index in [9.17, 15) is 0 Å². The Bertz CT molecular complexity index is 2910. The minimum Gasteiger partial charge on any atom is -0.466 e. The summed E-state index contributed by atoms with van der Waals surface area (Å²) >= 11 is 0. The smallest absolute Gasteiger partial charge is 0.218 e. The lowest BCUT2D eigenvalue weighted by Crippen LogP contribution is -2.31. The number of aliphatic imine (C=N–C) groups is 1. The molecule has 55 heavy (non-hydrogen) atoms. The predicted octanol–water partition coefficient (Wildman–Crippen LogP) is 12.5. The third-order valence-electron chi connectivity index (χ3n) is 12.9. The van der Waals surface area contributed by atoms with Gasteiger partial charge >= 0.3 is 0 Å². The van der Waals surface area contributed by atoms with E-state index < -0.39 is 5.54 Å². The molecule has 0 radical (unpaired) electrons. The van der Waals surface area contributed by atoms with E-state index >= 15 is 0 Å². The molecular formula is C50H47N3O2. The molecule has 5 aromatic carbocycles. The number of hydrogen-bond acceptors (Lipinski definition) is 4. The van der Waals surface area contributed by atoms with Gasteiger partial charge in [-0.1, -0.05) is 73.5 Å². The van der Waals surface area contributed by atoms with Gasteiger partial charge in [0, 0.05) is 39.6 Å². The van der Waals surface area contributed by atoms with Gasteiger partial charge in [-0.3, -0.25) is 4.57 Å². The van der Waals surface area contributed by atoms with E-state index in [-0.39, 0.29) is 11.5 Å². The quantitative estimate of drug-likeness (QED) is 0.182. The SMILES string of the molecule is Cc1cc(C)c2c(c1)[C@@H]1OC(c3cc(Oc4cc5c(cc4C)C(C)(C)c4cccc6c7c(C)ccnc7n-5c46)c(C)cc3C)=N[C@]1(C)c1cc(C)cc(C)c1-2. The fraction of sp³-hybridized carbons (Fsp3) is 0.280. The minimum atomic E-state index is -0.581. The summed E-state index contributed by atoms with van der Waals surface area (Å²) in [4.78, 5) is 10.5. The summed E-state index contributed by atoms with van der Waals surface area (Å²) in [7, 11) is 0. The molecule has 10 rings (SSSR count). The first-order valence-corrected chi connectivity index (χ1v) is 19.5. The lowest BCUT2D eigenvalue weighted by Gasteiger charge is -2.38. The zero-order valence-corrected chi connectivity index (χ0v) is 33.7. The first-order chi connectivity index (χ1) is 26.2. The van der Waals surface area contributed by atoms with Gasteiger partial charge < -0.3 is 9.47 Å². The summed E-state index contributed by atoms with van der Waals surface area (Å²) in [5, 5.41) is 2.45. The van der Waals surface area contributed by atoms with Crippen molar-refractivity contribution in [3.63, 3.8) is 0 Å². The largest absolute Gasteiger partial charge is 0.466 e. The molecule has 7 aromatic rings. The highest BCUT2D eigenvalue weighted by atomic mass is 16.5. The van der Waals surface area contributed by atoms with Gasteiger partial charge in [0.15, 0.2) is 6.10 Å². The van der Waals surface area contributed by atoms with Gasteiger partial charge in [-0.25, -0.2) is 9.98 Å². The highest BCUT2D eigenvalue weighted by Crippen LogP contribution is 2.57. The molecule has 4 heterocycles. The average Bonchev–Trinajstić information content (AvgIpc) is 3.66. The van der Waals surface area contributed by atoms with E-state index in [1.54, 1.807) is 0 Å². The van der Waals surface area contributed by atoms with Gasteiger partial charge in [-0.2, -0.15) is 0 Å². The maximum absolute atomic E-state index is 7.07. The first kappa shape index (κ1) is 33.9. The number of pyridine rings is 1. The topological polar surface area (TPSA) is 48.6 Å². The van der Waals surface area contributed by atoms with E-state index in [1.165, 1.54) is 77.5 Å². The lowest BCUT2D eigenvalue weighted by atomic mass is 9.70. The molecule has 2 atom stereocenters.